The Morgan fingerprint density at radius 2 is 1.60 bits per heavy atom. The number of fused-ring (bicyclic) bond motifs is 1. The number of carbonyl (C=O) groups excluding carboxylic acids is 2. The van der Waals surface area contributed by atoms with Gasteiger partial charge in [-0.2, -0.15) is 0 Å². The van der Waals surface area contributed by atoms with E-state index in [-0.39, 0.29) is 18.4 Å². The van der Waals surface area contributed by atoms with Crippen LogP contribution in [-0.2, 0) is 11.2 Å². The summed E-state index contributed by atoms with van der Waals surface area (Å²) in [4.78, 5) is 24.8. The van der Waals surface area contributed by atoms with Crippen molar-refractivity contribution >= 4 is 40.0 Å². The molecule has 4 aromatic rings. The maximum Gasteiger partial charge on any atom is 0.323 e. The number of rotatable bonds is 5. The quantitative estimate of drug-likeness (QED) is 0.441. The molecule has 3 amide bonds. The molecule has 7 nitrogen and oxygen atoms in total. The van der Waals surface area contributed by atoms with Crippen LogP contribution >= 0.6 is 0 Å². The van der Waals surface area contributed by atoms with Gasteiger partial charge in [0.25, 0.3) is 0 Å². The van der Waals surface area contributed by atoms with Crippen molar-refractivity contribution in [1.82, 2.24) is 5.16 Å². The number of amides is 3. The topological polar surface area (TPSA) is 96.3 Å². The fourth-order valence-corrected chi connectivity index (χ4v) is 3.06. The van der Waals surface area contributed by atoms with E-state index in [4.69, 9.17) is 4.52 Å². The second-order valence-corrected chi connectivity index (χ2v) is 6.83. The number of aromatic nitrogens is 1. The molecule has 0 bridgehead atoms. The van der Waals surface area contributed by atoms with Crippen LogP contribution in [0.1, 0.15) is 11.3 Å². The van der Waals surface area contributed by atoms with Crippen molar-refractivity contribution in [3.05, 3.63) is 84.1 Å². The highest BCUT2D eigenvalue weighted by Crippen LogP contribution is 2.22. The first-order chi connectivity index (χ1) is 14.6. The van der Waals surface area contributed by atoms with Crippen LogP contribution in [0.25, 0.3) is 11.0 Å². The number of urea groups is 1. The van der Waals surface area contributed by atoms with E-state index in [9.17, 15) is 9.59 Å². The zero-order valence-corrected chi connectivity index (χ0v) is 16.3. The number of anilines is 3. The lowest BCUT2D eigenvalue weighted by Gasteiger charge is -2.12. The minimum absolute atomic E-state index is 0.0859. The molecule has 7 heteroatoms. The molecule has 3 aromatic carbocycles. The predicted octanol–water partition coefficient (Wildman–Crippen LogP) is 4.96. The number of benzene rings is 3. The maximum absolute atomic E-state index is 12.6. The van der Waals surface area contributed by atoms with Gasteiger partial charge in [-0.1, -0.05) is 41.6 Å². The molecule has 0 saturated heterocycles. The number of hydrogen-bond donors (Lipinski definition) is 3. The van der Waals surface area contributed by atoms with Gasteiger partial charge in [-0.05, 0) is 48.9 Å². The van der Waals surface area contributed by atoms with Crippen LogP contribution in [-0.4, -0.2) is 17.1 Å². The second kappa shape index (κ2) is 8.48. The molecule has 30 heavy (non-hydrogen) atoms. The van der Waals surface area contributed by atoms with Crippen LogP contribution in [0, 0.1) is 6.92 Å². The van der Waals surface area contributed by atoms with E-state index >= 15 is 0 Å². The van der Waals surface area contributed by atoms with Crippen molar-refractivity contribution in [2.24, 2.45) is 0 Å². The van der Waals surface area contributed by atoms with E-state index in [0.29, 0.717) is 28.3 Å². The Bertz CT molecular complexity index is 1200. The zero-order valence-electron chi connectivity index (χ0n) is 16.3. The zero-order chi connectivity index (χ0) is 20.9. The van der Waals surface area contributed by atoms with Crippen molar-refractivity contribution in [3.8, 4) is 0 Å². The molecular formula is C23H20N4O3. The molecule has 150 valence electrons. The van der Waals surface area contributed by atoms with E-state index in [1.54, 1.807) is 24.3 Å². The van der Waals surface area contributed by atoms with Crippen LogP contribution in [0.2, 0.25) is 0 Å². The van der Waals surface area contributed by atoms with E-state index in [1.165, 1.54) is 0 Å². The third-order valence-corrected chi connectivity index (χ3v) is 4.58. The van der Waals surface area contributed by atoms with E-state index in [0.717, 1.165) is 10.9 Å². The summed E-state index contributed by atoms with van der Waals surface area (Å²) in [6.07, 6.45) is 0.0859. The first-order valence-corrected chi connectivity index (χ1v) is 9.45. The van der Waals surface area contributed by atoms with Crippen molar-refractivity contribution in [2.75, 3.05) is 16.0 Å². The van der Waals surface area contributed by atoms with Crippen LogP contribution in [0.4, 0.5) is 21.9 Å². The molecule has 1 aromatic heterocycles. The van der Waals surface area contributed by atoms with Gasteiger partial charge in [0.05, 0.1) is 6.42 Å². The number of hydrogen-bond acceptors (Lipinski definition) is 4. The minimum Gasteiger partial charge on any atom is -0.356 e. The lowest BCUT2D eigenvalue weighted by Crippen LogP contribution is -2.20. The molecule has 0 atom stereocenters. The van der Waals surface area contributed by atoms with Gasteiger partial charge >= 0.3 is 6.03 Å². The van der Waals surface area contributed by atoms with E-state index in [1.807, 2.05) is 55.5 Å². The highest BCUT2D eigenvalue weighted by Gasteiger charge is 2.13. The van der Waals surface area contributed by atoms with Crippen molar-refractivity contribution in [2.45, 2.75) is 13.3 Å². The molecule has 0 spiro atoms. The largest absolute Gasteiger partial charge is 0.356 e. The van der Waals surface area contributed by atoms with Gasteiger partial charge in [0.2, 0.25) is 5.91 Å². The first kappa shape index (κ1) is 19.2. The van der Waals surface area contributed by atoms with Gasteiger partial charge in [-0.3, -0.25) is 4.79 Å². The summed E-state index contributed by atoms with van der Waals surface area (Å²) < 4.78 is 5.25. The van der Waals surface area contributed by atoms with Gasteiger partial charge < -0.3 is 20.5 Å². The molecular weight excluding hydrogens is 380 g/mol. The molecule has 0 saturated carbocycles. The summed E-state index contributed by atoms with van der Waals surface area (Å²) in [5.41, 5.74) is 3.98. The summed E-state index contributed by atoms with van der Waals surface area (Å²) in [7, 11) is 0. The molecule has 0 radical (unpaired) electrons. The molecule has 0 fully saturated rings. The Kier molecular flexibility index (Phi) is 5.43. The molecule has 3 N–H and O–H groups in total. The third kappa shape index (κ3) is 4.47. The van der Waals surface area contributed by atoms with Crippen molar-refractivity contribution < 1.29 is 14.1 Å². The predicted molar refractivity (Wildman–Crippen MR) is 117 cm³/mol. The first-order valence-electron chi connectivity index (χ1n) is 9.45. The van der Waals surface area contributed by atoms with E-state index in [2.05, 4.69) is 21.1 Å². The Balaban J connectivity index is 1.42. The Morgan fingerprint density at radius 1 is 0.867 bits per heavy atom. The number of carbonyl (C=O) groups is 2. The minimum atomic E-state index is -0.364. The van der Waals surface area contributed by atoms with Gasteiger partial charge in [-0.25, -0.2) is 4.79 Å². The van der Waals surface area contributed by atoms with Crippen molar-refractivity contribution in [3.63, 3.8) is 0 Å². The van der Waals surface area contributed by atoms with Crippen LogP contribution in [0.5, 0.6) is 0 Å². The highest BCUT2D eigenvalue weighted by atomic mass is 16.5. The van der Waals surface area contributed by atoms with Crippen LogP contribution < -0.4 is 16.0 Å². The molecule has 4 rings (SSSR count). The summed E-state index contributed by atoms with van der Waals surface area (Å²) in [5.74, 6) is -0.219. The summed E-state index contributed by atoms with van der Waals surface area (Å²) in [6, 6.07) is 21.5. The summed E-state index contributed by atoms with van der Waals surface area (Å²) >= 11 is 0. The highest BCUT2D eigenvalue weighted by molar-refractivity contribution is 6.01. The van der Waals surface area contributed by atoms with E-state index < -0.39 is 0 Å². The SMILES string of the molecule is Cc1ccc(NC(=O)Nc2ccccc2)cc1NC(=O)Cc1noc2ccccc12. The molecule has 0 aliphatic heterocycles. The van der Waals surface area contributed by atoms with Crippen molar-refractivity contribution in [1.29, 1.82) is 0 Å². The summed E-state index contributed by atoms with van der Waals surface area (Å²) in [6.45, 7) is 1.88. The molecule has 0 aliphatic rings. The second-order valence-electron chi connectivity index (χ2n) is 6.83. The fraction of sp³-hybridized carbons (Fsp3) is 0.0870. The summed E-state index contributed by atoms with van der Waals surface area (Å²) in [5, 5.41) is 13.2. The molecule has 0 unspecified atom stereocenters. The number of para-hydroxylation sites is 2. The normalized spacial score (nSPS) is 10.6. The average molecular weight is 400 g/mol. The number of aryl methyl sites for hydroxylation is 1. The van der Waals surface area contributed by atoms with Gasteiger partial charge in [-0.15, -0.1) is 0 Å². The third-order valence-electron chi connectivity index (χ3n) is 4.58. The van der Waals surface area contributed by atoms with Gasteiger partial charge in [0, 0.05) is 22.4 Å². The molecule has 0 aliphatic carbocycles. The average Bonchev–Trinajstić information content (AvgIpc) is 3.14. The number of nitrogens with zero attached hydrogens (tertiary/aromatic N) is 1. The fourth-order valence-electron chi connectivity index (χ4n) is 3.06. The smallest absolute Gasteiger partial charge is 0.323 e. The Morgan fingerprint density at radius 3 is 2.43 bits per heavy atom. The lowest BCUT2D eigenvalue weighted by molar-refractivity contribution is -0.115. The van der Waals surface area contributed by atoms with Crippen LogP contribution in [0.15, 0.2) is 77.3 Å². The Hall–Kier alpha value is -4.13. The van der Waals surface area contributed by atoms with Gasteiger partial charge in [0.15, 0.2) is 5.58 Å². The molecule has 1 heterocycles. The lowest BCUT2D eigenvalue weighted by atomic mass is 10.1. The van der Waals surface area contributed by atoms with Gasteiger partial charge in [0.1, 0.15) is 5.69 Å². The maximum atomic E-state index is 12.6. The number of nitrogens with one attached hydrogen (secondary N) is 3. The monoisotopic (exact) mass is 400 g/mol. The van der Waals surface area contributed by atoms with Crippen LogP contribution in [0.3, 0.4) is 0 Å². The standard InChI is InChI=1S/C23H20N4O3/c1-15-11-12-17(25-23(29)24-16-7-3-2-4-8-16)13-19(15)26-22(28)14-20-18-9-5-6-10-21(18)30-27-20/h2-13H,14H2,1H3,(H,26,28)(H2,24,25,29). The Labute approximate surface area is 173 Å².